The maximum atomic E-state index is 12.1. The van der Waals surface area contributed by atoms with Crippen LogP contribution in [0.2, 0.25) is 10.2 Å². The van der Waals surface area contributed by atoms with Crippen molar-refractivity contribution >= 4 is 34.9 Å². The summed E-state index contributed by atoms with van der Waals surface area (Å²) in [5.74, 6) is 0.175. The molecule has 3 rings (SSSR count). The van der Waals surface area contributed by atoms with Crippen LogP contribution in [0.4, 0.5) is 5.82 Å². The fourth-order valence-corrected chi connectivity index (χ4v) is 2.38. The predicted octanol–water partition coefficient (Wildman–Crippen LogP) is 3.89. The van der Waals surface area contributed by atoms with Crippen LogP contribution in [0, 0.1) is 0 Å². The van der Waals surface area contributed by atoms with Crippen molar-refractivity contribution in [2.24, 2.45) is 0 Å². The average molecular weight is 347 g/mol. The Morgan fingerprint density at radius 3 is 2.78 bits per heavy atom. The van der Waals surface area contributed by atoms with Gasteiger partial charge in [0, 0.05) is 24.0 Å². The minimum Gasteiger partial charge on any atom is -0.331 e. The highest BCUT2D eigenvalue weighted by molar-refractivity contribution is 6.30. The Labute approximate surface area is 142 Å². The van der Waals surface area contributed by atoms with Crippen LogP contribution in [0.3, 0.4) is 0 Å². The summed E-state index contributed by atoms with van der Waals surface area (Å²) in [6.45, 7) is 0.617. The molecule has 116 valence electrons. The number of benzene rings is 1. The summed E-state index contributed by atoms with van der Waals surface area (Å²) in [5.41, 5.74) is 1.47. The molecule has 0 aliphatic heterocycles. The van der Waals surface area contributed by atoms with Crippen molar-refractivity contribution < 1.29 is 4.79 Å². The number of hydrogen-bond acceptors (Lipinski definition) is 3. The molecule has 5 nitrogen and oxygen atoms in total. The van der Waals surface area contributed by atoms with Gasteiger partial charge in [0.2, 0.25) is 0 Å². The number of aromatic nitrogens is 3. The number of hydrogen-bond donors (Lipinski definition) is 1. The molecule has 2 aromatic heterocycles. The highest BCUT2D eigenvalue weighted by Gasteiger charge is 2.08. The van der Waals surface area contributed by atoms with Crippen LogP contribution < -0.4 is 5.32 Å². The van der Waals surface area contributed by atoms with E-state index in [1.54, 1.807) is 24.7 Å². The van der Waals surface area contributed by atoms with Gasteiger partial charge in [0.15, 0.2) is 5.82 Å². The molecule has 0 spiro atoms. The van der Waals surface area contributed by atoms with Crippen LogP contribution in [0.5, 0.6) is 0 Å². The lowest BCUT2D eigenvalue weighted by molar-refractivity contribution is 0.102. The predicted molar refractivity (Wildman–Crippen MR) is 90.0 cm³/mol. The van der Waals surface area contributed by atoms with Gasteiger partial charge in [-0.3, -0.25) is 4.79 Å². The number of imidazole rings is 1. The normalized spacial score (nSPS) is 10.5. The maximum Gasteiger partial charge on any atom is 0.258 e. The van der Waals surface area contributed by atoms with Crippen LogP contribution in [0.1, 0.15) is 15.9 Å². The smallest absolute Gasteiger partial charge is 0.258 e. The van der Waals surface area contributed by atoms with Crippen LogP contribution >= 0.6 is 23.2 Å². The summed E-state index contributed by atoms with van der Waals surface area (Å²) in [6.07, 6.45) is 4.82. The lowest BCUT2D eigenvalue weighted by Crippen LogP contribution is -2.12. The van der Waals surface area contributed by atoms with E-state index in [9.17, 15) is 4.79 Å². The summed E-state index contributed by atoms with van der Waals surface area (Å²) in [5, 5.41) is 3.74. The van der Waals surface area contributed by atoms with E-state index in [0.717, 1.165) is 5.56 Å². The Bertz CT molecular complexity index is 830. The molecule has 0 atom stereocenters. The van der Waals surface area contributed by atoms with Crippen molar-refractivity contribution in [1.82, 2.24) is 14.5 Å². The van der Waals surface area contributed by atoms with Crippen LogP contribution in [0.15, 0.2) is 55.1 Å². The number of halogens is 2. The first kappa shape index (κ1) is 15.5. The number of amides is 1. The van der Waals surface area contributed by atoms with E-state index in [0.29, 0.717) is 28.1 Å². The molecule has 0 fully saturated rings. The Morgan fingerprint density at radius 2 is 2.04 bits per heavy atom. The minimum atomic E-state index is -0.290. The zero-order valence-electron chi connectivity index (χ0n) is 11.9. The molecule has 23 heavy (non-hydrogen) atoms. The Morgan fingerprint density at radius 1 is 1.17 bits per heavy atom. The molecule has 1 amide bonds. The van der Waals surface area contributed by atoms with E-state index in [2.05, 4.69) is 15.3 Å². The zero-order valence-corrected chi connectivity index (χ0v) is 13.4. The van der Waals surface area contributed by atoms with Gasteiger partial charge >= 0.3 is 0 Å². The van der Waals surface area contributed by atoms with Gasteiger partial charge in [-0.15, -0.1) is 0 Å². The molecule has 7 heteroatoms. The van der Waals surface area contributed by atoms with E-state index in [1.807, 2.05) is 28.8 Å². The number of carbonyl (C=O) groups excluding carboxylic acids is 1. The SMILES string of the molecule is O=C(Nc1cn(Cc2cccc(Cl)c2)cn1)c1ccc(Cl)nc1. The van der Waals surface area contributed by atoms with Crippen molar-refractivity contribution in [2.45, 2.75) is 6.54 Å². The van der Waals surface area contributed by atoms with Crippen molar-refractivity contribution in [3.05, 3.63) is 76.4 Å². The number of carbonyl (C=O) groups is 1. The molecular formula is C16H12Cl2N4O. The van der Waals surface area contributed by atoms with Gasteiger partial charge in [0.1, 0.15) is 5.15 Å². The van der Waals surface area contributed by atoms with E-state index >= 15 is 0 Å². The monoisotopic (exact) mass is 346 g/mol. The zero-order chi connectivity index (χ0) is 16.2. The molecule has 1 N–H and O–H groups in total. The quantitative estimate of drug-likeness (QED) is 0.729. The summed E-state index contributed by atoms with van der Waals surface area (Å²) in [6, 6.07) is 10.8. The molecule has 0 unspecified atom stereocenters. The second-order valence-electron chi connectivity index (χ2n) is 4.88. The van der Waals surface area contributed by atoms with Crippen molar-refractivity contribution in [2.75, 3.05) is 5.32 Å². The third-order valence-electron chi connectivity index (χ3n) is 3.12. The third-order valence-corrected chi connectivity index (χ3v) is 3.58. The number of nitrogens with one attached hydrogen (secondary N) is 1. The maximum absolute atomic E-state index is 12.1. The van der Waals surface area contributed by atoms with Gasteiger partial charge in [-0.05, 0) is 29.8 Å². The standard InChI is InChI=1S/C16H12Cl2N4O/c17-13-3-1-2-11(6-13)8-22-9-15(20-10-22)21-16(23)12-4-5-14(18)19-7-12/h1-7,9-10H,8H2,(H,21,23). The lowest BCUT2D eigenvalue weighted by atomic mass is 10.2. The number of nitrogens with zero attached hydrogens (tertiary/aromatic N) is 3. The first-order valence-electron chi connectivity index (χ1n) is 6.79. The van der Waals surface area contributed by atoms with Crippen molar-refractivity contribution in [1.29, 1.82) is 0 Å². The van der Waals surface area contributed by atoms with E-state index in [1.165, 1.54) is 6.20 Å². The van der Waals surface area contributed by atoms with Gasteiger partial charge in [0.25, 0.3) is 5.91 Å². The molecule has 2 heterocycles. The fourth-order valence-electron chi connectivity index (χ4n) is 2.06. The Kier molecular flexibility index (Phi) is 4.60. The van der Waals surface area contributed by atoms with Crippen LogP contribution in [-0.4, -0.2) is 20.4 Å². The number of rotatable bonds is 4. The summed E-state index contributed by atoms with van der Waals surface area (Å²) < 4.78 is 1.86. The van der Waals surface area contributed by atoms with Crippen molar-refractivity contribution in [3.63, 3.8) is 0 Å². The molecule has 0 radical (unpaired) electrons. The molecule has 3 aromatic rings. The van der Waals surface area contributed by atoms with Gasteiger partial charge in [-0.1, -0.05) is 35.3 Å². The highest BCUT2D eigenvalue weighted by Crippen LogP contribution is 2.13. The second-order valence-corrected chi connectivity index (χ2v) is 5.71. The summed E-state index contributed by atoms with van der Waals surface area (Å²) >= 11 is 11.7. The molecule has 1 aromatic carbocycles. The van der Waals surface area contributed by atoms with Gasteiger partial charge in [0.05, 0.1) is 11.9 Å². The molecule has 0 saturated carbocycles. The molecule has 0 saturated heterocycles. The van der Waals surface area contributed by atoms with E-state index in [4.69, 9.17) is 23.2 Å². The van der Waals surface area contributed by atoms with Crippen LogP contribution in [-0.2, 0) is 6.54 Å². The minimum absolute atomic E-state index is 0.290. The third kappa shape index (κ3) is 4.09. The second kappa shape index (κ2) is 6.81. The lowest BCUT2D eigenvalue weighted by Gasteiger charge is -2.03. The van der Waals surface area contributed by atoms with Crippen molar-refractivity contribution in [3.8, 4) is 0 Å². The number of pyridine rings is 1. The molecule has 0 aliphatic carbocycles. The first-order valence-corrected chi connectivity index (χ1v) is 7.55. The van der Waals surface area contributed by atoms with Gasteiger partial charge < -0.3 is 9.88 Å². The first-order chi connectivity index (χ1) is 11.1. The molecule has 0 bridgehead atoms. The van der Waals surface area contributed by atoms with Gasteiger partial charge in [-0.25, -0.2) is 9.97 Å². The summed E-state index contributed by atoms with van der Waals surface area (Å²) in [7, 11) is 0. The highest BCUT2D eigenvalue weighted by atomic mass is 35.5. The molecular weight excluding hydrogens is 335 g/mol. The van der Waals surface area contributed by atoms with E-state index in [-0.39, 0.29) is 5.91 Å². The Hall–Kier alpha value is -2.37. The van der Waals surface area contributed by atoms with Gasteiger partial charge in [-0.2, -0.15) is 0 Å². The number of anilines is 1. The summed E-state index contributed by atoms with van der Waals surface area (Å²) in [4.78, 5) is 20.1. The average Bonchev–Trinajstić information content (AvgIpc) is 2.95. The Balaban J connectivity index is 1.67. The topological polar surface area (TPSA) is 59.8 Å². The van der Waals surface area contributed by atoms with Crippen LogP contribution in [0.25, 0.3) is 0 Å². The largest absolute Gasteiger partial charge is 0.331 e. The van der Waals surface area contributed by atoms with E-state index < -0.39 is 0 Å². The molecule has 0 aliphatic rings. The fraction of sp³-hybridized carbons (Fsp3) is 0.0625.